The molecule has 0 spiro atoms. The zero-order valence-electron chi connectivity index (χ0n) is 15.6. The van der Waals surface area contributed by atoms with Crippen LogP contribution in [0.4, 0.5) is 5.69 Å². The van der Waals surface area contributed by atoms with Gasteiger partial charge in [0.15, 0.2) is 11.5 Å². The van der Waals surface area contributed by atoms with Gasteiger partial charge in [-0.15, -0.1) is 0 Å². The van der Waals surface area contributed by atoms with E-state index in [0.717, 1.165) is 5.56 Å². The predicted molar refractivity (Wildman–Crippen MR) is 110 cm³/mol. The second kappa shape index (κ2) is 8.66. The molecule has 0 aliphatic heterocycles. The molecule has 0 atom stereocenters. The van der Waals surface area contributed by atoms with Crippen LogP contribution in [0.2, 0.25) is 0 Å². The van der Waals surface area contributed by atoms with E-state index in [1.165, 1.54) is 37.4 Å². The molecule has 8 heteroatoms. The Hall–Kier alpha value is -3.52. The first kappa shape index (κ1) is 20.2. The molecule has 3 aromatic carbocycles. The Morgan fingerprint density at radius 3 is 2.34 bits per heavy atom. The Morgan fingerprint density at radius 1 is 1.00 bits per heavy atom. The monoisotopic (exact) mass is 412 g/mol. The minimum absolute atomic E-state index is 0.0171. The van der Waals surface area contributed by atoms with E-state index in [2.05, 4.69) is 10.0 Å². The van der Waals surface area contributed by atoms with E-state index in [4.69, 9.17) is 4.74 Å². The molecule has 0 aliphatic carbocycles. The normalized spacial score (nSPS) is 10.9. The van der Waals surface area contributed by atoms with E-state index in [1.807, 2.05) is 0 Å². The molecule has 150 valence electrons. The van der Waals surface area contributed by atoms with Gasteiger partial charge in [-0.1, -0.05) is 24.3 Å². The van der Waals surface area contributed by atoms with Gasteiger partial charge in [-0.25, -0.2) is 8.42 Å². The quantitative estimate of drug-likeness (QED) is 0.553. The first-order valence-corrected chi connectivity index (χ1v) is 10.2. The highest BCUT2D eigenvalue weighted by molar-refractivity contribution is 7.92. The number of nitrogens with one attached hydrogen (secondary N) is 2. The summed E-state index contributed by atoms with van der Waals surface area (Å²) in [4.78, 5) is 12.4. The summed E-state index contributed by atoms with van der Waals surface area (Å²) in [5, 5.41) is 12.4. The van der Waals surface area contributed by atoms with Gasteiger partial charge in [0.1, 0.15) is 0 Å². The lowest BCUT2D eigenvalue weighted by atomic mass is 10.1. The van der Waals surface area contributed by atoms with Crippen molar-refractivity contribution >= 4 is 21.6 Å². The molecule has 0 unspecified atom stereocenters. The maximum atomic E-state index is 12.4. The number of phenols is 1. The van der Waals surface area contributed by atoms with Crippen molar-refractivity contribution in [3.05, 3.63) is 83.9 Å². The maximum absolute atomic E-state index is 12.4. The summed E-state index contributed by atoms with van der Waals surface area (Å²) in [5.74, 6) is -0.0160. The van der Waals surface area contributed by atoms with E-state index < -0.39 is 10.0 Å². The van der Waals surface area contributed by atoms with Crippen LogP contribution in [0.1, 0.15) is 15.9 Å². The van der Waals surface area contributed by atoms with Gasteiger partial charge < -0.3 is 15.2 Å². The predicted octanol–water partition coefficient (Wildman–Crippen LogP) is 3.13. The summed E-state index contributed by atoms with van der Waals surface area (Å²) in [6.07, 6.45) is 0. The molecule has 0 aliphatic rings. The number of methoxy groups -OCH3 is 1. The maximum Gasteiger partial charge on any atom is 0.261 e. The average Bonchev–Trinajstić information content (AvgIpc) is 2.73. The van der Waals surface area contributed by atoms with Crippen LogP contribution in [0.25, 0.3) is 0 Å². The minimum Gasteiger partial charge on any atom is -0.504 e. The van der Waals surface area contributed by atoms with Crippen LogP contribution in [0.15, 0.2) is 77.7 Å². The number of ether oxygens (including phenoxy) is 1. The number of rotatable bonds is 7. The lowest BCUT2D eigenvalue weighted by Gasteiger charge is -2.10. The smallest absolute Gasteiger partial charge is 0.261 e. The van der Waals surface area contributed by atoms with Gasteiger partial charge in [0.25, 0.3) is 15.9 Å². The fourth-order valence-corrected chi connectivity index (χ4v) is 3.68. The van der Waals surface area contributed by atoms with Crippen molar-refractivity contribution in [3.63, 3.8) is 0 Å². The van der Waals surface area contributed by atoms with Crippen LogP contribution < -0.4 is 14.8 Å². The molecule has 1 amide bonds. The molecular formula is C21H20N2O5S. The average molecular weight is 412 g/mol. The number of carbonyl (C=O) groups is 1. The third kappa shape index (κ3) is 5.05. The standard InChI is InChI=1S/C21H20N2O5S/c1-28-20-13-15(7-12-19(20)24)14-22-21(25)16-8-10-18(11-9-16)29(26,27)23-17-5-3-2-4-6-17/h2-13,23-24H,14H2,1H3,(H,22,25). The number of aromatic hydroxyl groups is 1. The highest BCUT2D eigenvalue weighted by Crippen LogP contribution is 2.26. The molecule has 7 nitrogen and oxygen atoms in total. The minimum atomic E-state index is -3.74. The number of amides is 1. The van der Waals surface area contributed by atoms with E-state index >= 15 is 0 Å². The molecule has 29 heavy (non-hydrogen) atoms. The van der Waals surface area contributed by atoms with Crippen molar-refractivity contribution in [1.82, 2.24) is 5.32 Å². The molecule has 3 aromatic rings. The van der Waals surface area contributed by atoms with Crippen LogP contribution >= 0.6 is 0 Å². The fraction of sp³-hybridized carbons (Fsp3) is 0.0952. The zero-order valence-corrected chi connectivity index (χ0v) is 16.4. The lowest BCUT2D eigenvalue weighted by Crippen LogP contribution is -2.23. The largest absolute Gasteiger partial charge is 0.504 e. The van der Waals surface area contributed by atoms with Crippen LogP contribution in [0.5, 0.6) is 11.5 Å². The number of para-hydroxylation sites is 1. The molecule has 0 fully saturated rings. The molecule has 0 saturated heterocycles. The molecule has 0 radical (unpaired) electrons. The van der Waals surface area contributed by atoms with Crippen LogP contribution in [-0.4, -0.2) is 26.5 Å². The van der Waals surface area contributed by atoms with Gasteiger partial charge in [-0.05, 0) is 54.1 Å². The topological polar surface area (TPSA) is 105 Å². The Balaban J connectivity index is 1.65. The lowest BCUT2D eigenvalue weighted by molar-refractivity contribution is 0.0950. The van der Waals surface area contributed by atoms with Crippen molar-refractivity contribution in [2.75, 3.05) is 11.8 Å². The van der Waals surface area contributed by atoms with Crippen molar-refractivity contribution < 1.29 is 23.1 Å². The van der Waals surface area contributed by atoms with E-state index in [1.54, 1.807) is 42.5 Å². The number of carbonyl (C=O) groups excluding carboxylic acids is 1. The number of sulfonamides is 1. The molecule has 0 aromatic heterocycles. The number of benzene rings is 3. The summed E-state index contributed by atoms with van der Waals surface area (Å²) < 4.78 is 32.4. The molecule has 0 heterocycles. The molecular weight excluding hydrogens is 392 g/mol. The second-order valence-electron chi connectivity index (χ2n) is 6.18. The third-order valence-electron chi connectivity index (χ3n) is 4.15. The number of anilines is 1. The highest BCUT2D eigenvalue weighted by atomic mass is 32.2. The van der Waals surface area contributed by atoms with Gasteiger partial charge in [0.05, 0.1) is 12.0 Å². The third-order valence-corrected chi connectivity index (χ3v) is 5.55. The van der Waals surface area contributed by atoms with Crippen molar-refractivity contribution in [2.45, 2.75) is 11.4 Å². The molecule has 0 saturated carbocycles. The molecule has 0 bridgehead atoms. The van der Waals surface area contributed by atoms with Crippen molar-refractivity contribution in [3.8, 4) is 11.5 Å². The summed E-state index contributed by atoms with van der Waals surface area (Å²) in [7, 11) is -2.30. The van der Waals surface area contributed by atoms with E-state index in [0.29, 0.717) is 17.0 Å². The number of hydrogen-bond donors (Lipinski definition) is 3. The summed E-state index contributed by atoms with van der Waals surface area (Å²) in [6.45, 7) is 0.227. The Morgan fingerprint density at radius 2 is 1.69 bits per heavy atom. The van der Waals surface area contributed by atoms with Crippen molar-refractivity contribution in [1.29, 1.82) is 0 Å². The van der Waals surface area contributed by atoms with Gasteiger partial charge in [-0.3, -0.25) is 9.52 Å². The Labute approximate surface area is 169 Å². The van der Waals surface area contributed by atoms with Gasteiger partial charge in [-0.2, -0.15) is 0 Å². The zero-order chi connectivity index (χ0) is 20.9. The van der Waals surface area contributed by atoms with Crippen LogP contribution in [0, 0.1) is 0 Å². The first-order valence-electron chi connectivity index (χ1n) is 8.71. The molecule has 3 rings (SSSR count). The second-order valence-corrected chi connectivity index (χ2v) is 7.87. The number of hydrogen-bond acceptors (Lipinski definition) is 5. The SMILES string of the molecule is COc1cc(CNC(=O)c2ccc(S(=O)(=O)Nc3ccccc3)cc2)ccc1O. The highest BCUT2D eigenvalue weighted by Gasteiger charge is 2.15. The summed E-state index contributed by atoms with van der Waals surface area (Å²) in [6, 6.07) is 19.0. The van der Waals surface area contributed by atoms with Crippen LogP contribution in [0.3, 0.4) is 0 Å². The van der Waals surface area contributed by atoms with E-state index in [9.17, 15) is 18.3 Å². The van der Waals surface area contributed by atoms with Crippen molar-refractivity contribution in [2.24, 2.45) is 0 Å². The van der Waals surface area contributed by atoms with Crippen LogP contribution in [-0.2, 0) is 16.6 Å². The molecule has 3 N–H and O–H groups in total. The van der Waals surface area contributed by atoms with Gasteiger partial charge >= 0.3 is 0 Å². The van der Waals surface area contributed by atoms with Gasteiger partial charge in [0.2, 0.25) is 0 Å². The summed E-state index contributed by atoms with van der Waals surface area (Å²) >= 11 is 0. The Kier molecular flexibility index (Phi) is 6.04. The van der Waals surface area contributed by atoms with Gasteiger partial charge in [0, 0.05) is 17.8 Å². The Bertz CT molecular complexity index is 1100. The summed E-state index contributed by atoms with van der Waals surface area (Å²) in [5.41, 5.74) is 1.53. The number of phenolic OH excluding ortho intramolecular Hbond substituents is 1. The first-order chi connectivity index (χ1) is 13.9. The fourth-order valence-electron chi connectivity index (χ4n) is 2.62. The van der Waals surface area contributed by atoms with E-state index in [-0.39, 0.29) is 23.1 Å².